The Kier molecular flexibility index (Phi) is 4.99. The van der Waals surface area contributed by atoms with Gasteiger partial charge in [0.05, 0.1) is 5.69 Å². The van der Waals surface area contributed by atoms with Crippen LogP contribution in [-0.4, -0.2) is 11.5 Å². The highest BCUT2D eigenvalue weighted by Crippen LogP contribution is 2.37. The van der Waals surface area contributed by atoms with Gasteiger partial charge < -0.3 is 10.7 Å². The highest BCUT2D eigenvalue weighted by molar-refractivity contribution is 6.00. The quantitative estimate of drug-likeness (QED) is 0.383. The van der Waals surface area contributed by atoms with Crippen LogP contribution >= 0.6 is 0 Å². The fraction of sp³-hybridized carbons (Fsp3) is 0.308. The molecule has 4 rings (SSSR count). The molecule has 2 nitrogen and oxygen atoms in total. The van der Waals surface area contributed by atoms with Crippen molar-refractivity contribution in [1.82, 2.24) is 4.98 Å². The number of H-pyrrole nitrogens is 1. The predicted octanol–water partition coefficient (Wildman–Crippen LogP) is 6.57. The van der Waals surface area contributed by atoms with Crippen LogP contribution in [0.1, 0.15) is 44.7 Å². The second-order valence-corrected chi connectivity index (χ2v) is 8.76. The van der Waals surface area contributed by atoms with Crippen molar-refractivity contribution in [2.24, 2.45) is 5.73 Å². The third-order valence-corrected chi connectivity index (χ3v) is 5.71. The lowest BCUT2D eigenvalue weighted by molar-refractivity contribution is 0.591. The van der Waals surface area contributed by atoms with Gasteiger partial charge in [-0.25, -0.2) is 0 Å². The lowest BCUT2D eigenvalue weighted by atomic mass is 9.86. The van der Waals surface area contributed by atoms with Gasteiger partial charge in [-0.05, 0) is 65.3 Å². The minimum absolute atomic E-state index is 0.138. The lowest BCUT2D eigenvalue weighted by Gasteiger charge is -2.19. The lowest BCUT2D eigenvalue weighted by Crippen LogP contribution is -2.10. The monoisotopic (exact) mass is 370 g/mol. The van der Waals surface area contributed by atoms with Gasteiger partial charge >= 0.3 is 0 Å². The summed E-state index contributed by atoms with van der Waals surface area (Å²) < 4.78 is 0. The summed E-state index contributed by atoms with van der Waals surface area (Å²) in [5.74, 6) is 0. The Balaban J connectivity index is 1.95. The molecule has 4 aromatic rings. The second kappa shape index (κ2) is 7.44. The van der Waals surface area contributed by atoms with E-state index in [-0.39, 0.29) is 5.41 Å². The highest BCUT2D eigenvalue weighted by atomic mass is 14.7. The van der Waals surface area contributed by atoms with E-state index in [1.54, 1.807) is 0 Å². The van der Waals surface area contributed by atoms with Gasteiger partial charge in [0.15, 0.2) is 0 Å². The summed E-state index contributed by atoms with van der Waals surface area (Å²) in [6, 6.07) is 22.1. The summed E-state index contributed by atoms with van der Waals surface area (Å²) in [5.41, 5.74) is 12.5. The molecule has 0 aliphatic heterocycles. The SMILES string of the molecule is CC(C)(C)c1ccc2[nH]c(-c3cccc4ccccc34)c(CCCCN)c2c1. The molecule has 0 saturated carbocycles. The van der Waals surface area contributed by atoms with E-state index in [0.717, 1.165) is 25.8 Å². The first-order chi connectivity index (χ1) is 13.5. The topological polar surface area (TPSA) is 41.8 Å². The van der Waals surface area contributed by atoms with Crippen molar-refractivity contribution in [3.63, 3.8) is 0 Å². The van der Waals surface area contributed by atoms with Gasteiger partial charge in [-0.15, -0.1) is 0 Å². The number of nitrogens with one attached hydrogen (secondary N) is 1. The first-order valence-electron chi connectivity index (χ1n) is 10.3. The first-order valence-corrected chi connectivity index (χ1v) is 10.3. The van der Waals surface area contributed by atoms with Crippen molar-refractivity contribution in [3.8, 4) is 11.3 Å². The molecule has 2 heteroatoms. The normalized spacial score (nSPS) is 12.1. The molecule has 28 heavy (non-hydrogen) atoms. The molecule has 0 atom stereocenters. The molecule has 3 N–H and O–H groups in total. The summed E-state index contributed by atoms with van der Waals surface area (Å²) in [6.07, 6.45) is 3.21. The Labute approximate surface area is 167 Å². The highest BCUT2D eigenvalue weighted by Gasteiger charge is 2.19. The predicted molar refractivity (Wildman–Crippen MR) is 122 cm³/mol. The number of aromatic amines is 1. The number of rotatable bonds is 5. The van der Waals surface area contributed by atoms with Crippen molar-refractivity contribution >= 4 is 21.7 Å². The summed E-state index contributed by atoms with van der Waals surface area (Å²) in [5, 5.41) is 3.93. The van der Waals surface area contributed by atoms with E-state index in [2.05, 4.69) is 86.4 Å². The zero-order chi connectivity index (χ0) is 19.7. The van der Waals surface area contributed by atoms with E-state index < -0.39 is 0 Å². The van der Waals surface area contributed by atoms with Crippen LogP contribution in [0.4, 0.5) is 0 Å². The van der Waals surface area contributed by atoms with E-state index in [0.29, 0.717) is 0 Å². The van der Waals surface area contributed by atoms with Crippen LogP contribution in [0.3, 0.4) is 0 Å². The number of nitrogens with two attached hydrogens (primary N) is 1. The maximum Gasteiger partial charge on any atom is 0.0503 e. The summed E-state index contributed by atoms with van der Waals surface area (Å²) in [7, 11) is 0. The van der Waals surface area contributed by atoms with Crippen LogP contribution in [0.5, 0.6) is 0 Å². The van der Waals surface area contributed by atoms with Gasteiger partial charge in [-0.2, -0.15) is 0 Å². The number of aryl methyl sites for hydroxylation is 1. The number of unbranched alkanes of at least 4 members (excludes halogenated alkanes) is 1. The molecule has 0 radical (unpaired) electrons. The molecule has 1 aromatic heterocycles. The van der Waals surface area contributed by atoms with Gasteiger partial charge in [-0.3, -0.25) is 0 Å². The molecule has 0 fully saturated rings. The van der Waals surface area contributed by atoms with Crippen LogP contribution in [0.2, 0.25) is 0 Å². The van der Waals surface area contributed by atoms with E-state index >= 15 is 0 Å². The smallest absolute Gasteiger partial charge is 0.0503 e. The molecule has 0 amide bonds. The van der Waals surface area contributed by atoms with E-state index in [1.165, 1.54) is 44.1 Å². The largest absolute Gasteiger partial charge is 0.354 e. The number of hydrogen-bond acceptors (Lipinski definition) is 1. The zero-order valence-electron chi connectivity index (χ0n) is 17.2. The van der Waals surface area contributed by atoms with Gasteiger partial charge in [-0.1, -0.05) is 69.3 Å². The Hall–Kier alpha value is -2.58. The molecule has 0 unspecified atom stereocenters. The number of benzene rings is 3. The maximum atomic E-state index is 5.78. The fourth-order valence-corrected chi connectivity index (χ4v) is 4.09. The van der Waals surface area contributed by atoms with Gasteiger partial charge in [0.1, 0.15) is 0 Å². The van der Waals surface area contributed by atoms with Crippen molar-refractivity contribution in [2.75, 3.05) is 6.54 Å². The van der Waals surface area contributed by atoms with E-state index in [1.807, 2.05) is 0 Å². The van der Waals surface area contributed by atoms with Crippen molar-refractivity contribution in [1.29, 1.82) is 0 Å². The molecule has 0 aliphatic carbocycles. The minimum Gasteiger partial charge on any atom is -0.354 e. The standard InChI is InChI=1S/C26H30N2/c1-26(2,3)19-14-15-24-23(17-19)22(12-6-7-16-27)25(28-24)21-13-8-10-18-9-4-5-11-20(18)21/h4-5,8-11,13-15,17,28H,6-7,12,16,27H2,1-3H3. The molecular formula is C26H30N2. The van der Waals surface area contributed by atoms with Gasteiger partial charge in [0.2, 0.25) is 0 Å². The Morgan fingerprint density at radius 2 is 1.64 bits per heavy atom. The number of fused-ring (bicyclic) bond motifs is 2. The molecule has 3 aromatic carbocycles. The van der Waals surface area contributed by atoms with E-state index in [4.69, 9.17) is 5.73 Å². The fourth-order valence-electron chi connectivity index (χ4n) is 4.09. The minimum atomic E-state index is 0.138. The first kappa shape index (κ1) is 18.8. The number of hydrogen-bond donors (Lipinski definition) is 2. The summed E-state index contributed by atoms with van der Waals surface area (Å²) in [4.78, 5) is 3.75. The average molecular weight is 371 g/mol. The van der Waals surface area contributed by atoms with Crippen LogP contribution in [0.15, 0.2) is 60.7 Å². The molecule has 0 aliphatic rings. The van der Waals surface area contributed by atoms with Crippen LogP contribution in [0, 0.1) is 0 Å². The molecular weight excluding hydrogens is 340 g/mol. The zero-order valence-corrected chi connectivity index (χ0v) is 17.2. The Morgan fingerprint density at radius 1 is 0.857 bits per heavy atom. The molecule has 0 spiro atoms. The maximum absolute atomic E-state index is 5.78. The van der Waals surface area contributed by atoms with Crippen molar-refractivity contribution in [2.45, 2.75) is 45.4 Å². The average Bonchev–Trinajstić information content (AvgIpc) is 3.05. The summed E-state index contributed by atoms with van der Waals surface area (Å²) >= 11 is 0. The molecule has 0 bridgehead atoms. The van der Waals surface area contributed by atoms with Crippen LogP contribution in [-0.2, 0) is 11.8 Å². The van der Waals surface area contributed by atoms with Gasteiger partial charge in [0, 0.05) is 16.5 Å². The van der Waals surface area contributed by atoms with Crippen LogP contribution in [0.25, 0.3) is 32.9 Å². The van der Waals surface area contributed by atoms with Gasteiger partial charge in [0.25, 0.3) is 0 Å². The Morgan fingerprint density at radius 3 is 2.43 bits per heavy atom. The molecule has 1 heterocycles. The number of aromatic nitrogens is 1. The third kappa shape index (κ3) is 3.45. The van der Waals surface area contributed by atoms with Crippen molar-refractivity contribution < 1.29 is 0 Å². The van der Waals surface area contributed by atoms with Crippen LogP contribution < -0.4 is 5.73 Å². The Bertz CT molecular complexity index is 1110. The molecule has 0 saturated heterocycles. The summed E-state index contributed by atoms with van der Waals surface area (Å²) in [6.45, 7) is 7.58. The second-order valence-electron chi connectivity index (χ2n) is 8.76. The van der Waals surface area contributed by atoms with E-state index in [9.17, 15) is 0 Å². The third-order valence-electron chi connectivity index (χ3n) is 5.71. The molecule has 144 valence electrons. The van der Waals surface area contributed by atoms with Crippen molar-refractivity contribution in [3.05, 3.63) is 71.8 Å².